The molecule has 1 heterocycles. The van der Waals surface area contributed by atoms with Gasteiger partial charge in [-0.15, -0.1) is 0 Å². The molecule has 29 heavy (non-hydrogen) atoms. The number of pyridine rings is 1. The molecule has 3 rings (SSSR count). The molecule has 0 aliphatic heterocycles. The first-order valence-corrected chi connectivity index (χ1v) is 9.43. The molecule has 0 atom stereocenters. The molecule has 1 aromatic heterocycles. The van der Waals surface area contributed by atoms with Crippen molar-refractivity contribution in [2.75, 3.05) is 11.9 Å². The van der Waals surface area contributed by atoms with E-state index in [1.165, 1.54) is 6.08 Å². The first kappa shape index (κ1) is 20.3. The third-order valence-electron chi connectivity index (χ3n) is 4.36. The van der Waals surface area contributed by atoms with Crippen molar-refractivity contribution in [3.05, 3.63) is 78.0 Å². The molecule has 0 saturated carbocycles. The Kier molecular flexibility index (Phi) is 6.07. The molecule has 0 aliphatic carbocycles. The van der Waals surface area contributed by atoms with E-state index in [-0.39, 0.29) is 17.9 Å². The van der Waals surface area contributed by atoms with Gasteiger partial charge in [-0.25, -0.2) is 9.78 Å². The number of anilines is 1. The monoisotopic (exact) mass is 388 g/mol. The molecule has 3 aromatic rings. The Labute approximate surface area is 170 Å². The number of amides is 1. The van der Waals surface area contributed by atoms with Crippen molar-refractivity contribution >= 4 is 34.5 Å². The smallest absolute Gasteiger partial charge is 0.331 e. The normalized spacial score (nSPS) is 11.6. The number of hydrogen-bond donors (Lipinski definition) is 1. The third-order valence-corrected chi connectivity index (χ3v) is 4.36. The lowest BCUT2D eigenvalue weighted by Gasteiger charge is -2.22. The van der Waals surface area contributed by atoms with Gasteiger partial charge in [-0.2, -0.15) is 0 Å². The molecular formula is C24H24N2O3. The van der Waals surface area contributed by atoms with Gasteiger partial charge in [0.25, 0.3) is 5.91 Å². The number of aromatic nitrogens is 1. The number of fused-ring (bicyclic) bond motifs is 1. The second kappa shape index (κ2) is 8.69. The van der Waals surface area contributed by atoms with Crippen LogP contribution in [0, 0.1) is 0 Å². The van der Waals surface area contributed by atoms with Crippen LogP contribution in [0.15, 0.2) is 66.7 Å². The van der Waals surface area contributed by atoms with Crippen LogP contribution in [0.4, 0.5) is 5.69 Å². The van der Waals surface area contributed by atoms with E-state index in [0.29, 0.717) is 5.69 Å². The molecule has 148 valence electrons. The van der Waals surface area contributed by atoms with Crippen LogP contribution >= 0.6 is 0 Å². The zero-order valence-corrected chi connectivity index (χ0v) is 16.8. The summed E-state index contributed by atoms with van der Waals surface area (Å²) < 4.78 is 5.05. The number of nitrogens with one attached hydrogen (secondary N) is 1. The van der Waals surface area contributed by atoms with Crippen molar-refractivity contribution in [3.8, 4) is 0 Å². The highest BCUT2D eigenvalue weighted by Crippen LogP contribution is 2.29. The lowest BCUT2D eigenvalue weighted by molar-refractivity contribution is -0.142. The minimum atomic E-state index is -0.598. The number of para-hydroxylation sites is 2. The average Bonchev–Trinajstić information content (AvgIpc) is 2.70. The molecule has 5 heteroatoms. The van der Waals surface area contributed by atoms with E-state index < -0.39 is 5.97 Å². The highest BCUT2D eigenvalue weighted by molar-refractivity contribution is 5.95. The van der Waals surface area contributed by atoms with Crippen molar-refractivity contribution in [3.63, 3.8) is 0 Å². The highest BCUT2D eigenvalue weighted by Gasteiger charge is 2.18. The van der Waals surface area contributed by atoms with Crippen LogP contribution in [0.1, 0.15) is 32.0 Å². The van der Waals surface area contributed by atoms with Gasteiger partial charge < -0.3 is 10.1 Å². The number of hydrogen-bond acceptors (Lipinski definition) is 4. The maximum atomic E-state index is 12.2. The number of carbonyl (C=O) groups is 2. The van der Waals surface area contributed by atoms with Crippen molar-refractivity contribution in [2.45, 2.75) is 26.2 Å². The fourth-order valence-electron chi connectivity index (χ4n) is 2.95. The topological polar surface area (TPSA) is 68.3 Å². The van der Waals surface area contributed by atoms with Crippen LogP contribution in [-0.4, -0.2) is 23.5 Å². The highest BCUT2D eigenvalue weighted by atomic mass is 16.5. The molecule has 1 N–H and O–H groups in total. The Balaban J connectivity index is 1.56. The maximum Gasteiger partial charge on any atom is 0.331 e. The predicted molar refractivity (Wildman–Crippen MR) is 116 cm³/mol. The van der Waals surface area contributed by atoms with Gasteiger partial charge >= 0.3 is 5.97 Å². The van der Waals surface area contributed by atoms with Crippen molar-refractivity contribution in [2.24, 2.45) is 0 Å². The van der Waals surface area contributed by atoms with Gasteiger partial charge in [0.1, 0.15) is 0 Å². The van der Waals surface area contributed by atoms with E-state index in [9.17, 15) is 9.59 Å². The van der Waals surface area contributed by atoms with Crippen LogP contribution in [0.3, 0.4) is 0 Å². The molecule has 0 aliphatic rings. The lowest BCUT2D eigenvalue weighted by Crippen LogP contribution is -2.23. The number of carbonyl (C=O) groups excluding carboxylic acids is 2. The van der Waals surface area contributed by atoms with Crippen LogP contribution < -0.4 is 5.32 Å². The molecule has 0 bridgehead atoms. The largest absolute Gasteiger partial charge is 0.452 e. The summed E-state index contributed by atoms with van der Waals surface area (Å²) in [5, 5.41) is 3.84. The van der Waals surface area contributed by atoms with E-state index in [4.69, 9.17) is 4.74 Å². The van der Waals surface area contributed by atoms with Gasteiger partial charge in [0, 0.05) is 17.1 Å². The zero-order chi connectivity index (χ0) is 20.9. The third kappa shape index (κ3) is 5.51. The molecule has 0 radical (unpaired) electrons. The minimum absolute atomic E-state index is 0.115. The number of esters is 1. The van der Waals surface area contributed by atoms with Gasteiger partial charge in [0.2, 0.25) is 0 Å². The van der Waals surface area contributed by atoms with E-state index >= 15 is 0 Å². The van der Waals surface area contributed by atoms with E-state index in [1.807, 2.05) is 60.7 Å². The summed E-state index contributed by atoms with van der Waals surface area (Å²) >= 11 is 0. The van der Waals surface area contributed by atoms with E-state index in [0.717, 1.165) is 22.2 Å². The average molecular weight is 388 g/mol. The molecule has 1 amide bonds. The summed E-state index contributed by atoms with van der Waals surface area (Å²) in [7, 11) is 0. The molecule has 2 aromatic carbocycles. The van der Waals surface area contributed by atoms with Gasteiger partial charge in [0.05, 0.1) is 11.2 Å². The Morgan fingerprint density at radius 2 is 1.72 bits per heavy atom. The summed E-state index contributed by atoms with van der Waals surface area (Å²) in [6.45, 7) is 5.86. The summed E-state index contributed by atoms with van der Waals surface area (Å²) in [6, 6.07) is 19.1. The molecule has 0 spiro atoms. The summed E-state index contributed by atoms with van der Waals surface area (Å²) in [5.74, 6) is -0.980. The summed E-state index contributed by atoms with van der Waals surface area (Å²) in [5.41, 5.74) is 3.11. The van der Waals surface area contributed by atoms with Gasteiger partial charge in [-0.05, 0) is 35.3 Å². The van der Waals surface area contributed by atoms with E-state index in [1.54, 1.807) is 6.08 Å². The molecule has 0 unspecified atom stereocenters. The Morgan fingerprint density at radius 3 is 2.52 bits per heavy atom. The van der Waals surface area contributed by atoms with Crippen LogP contribution in [0.2, 0.25) is 0 Å². The predicted octanol–water partition coefficient (Wildman–Crippen LogP) is 4.73. The second-order valence-corrected chi connectivity index (χ2v) is 7.71. The number of ether oxygens (including phenoxy) is 1. The van der Waals surface area contributed by atoms with Crippen molar-refractivity contribution < 1.29 is 14.3 Å². The first-order chi connectivity index (χ1) is 13.8. The number of nitrogens with zero attached hydrogens (tertiary/aromatic N) is 1. The zero-order valence-electron chi connectivity index (χ0n) is 16.8. The van der Waals surface area contributed by atoms with Gasteiger partial charge in [-0.3, -0.25) is 4.79 Å². The number of rotatable bonds is 5. The quantitative estimate of drug-likeness (QED) is 0.507. The van der Waals surface area contributed by atoms with Gasteiger partial charge in [0.15, 0.2) is 6.61 Å². The van der Waals surface area contributed by atoms with Crippen LogP contribution in [0.25, 0.3) is 17.0 Å². The second-order valence-electron chi connectivity index (χ2n) is 7.71. The molecular weight excluding hydrogens is 364 g/mol. The lowest BCUT2D eigenvalue weighted by atomic mass is 9.86. The molecule has 0 saturated heterocycles. The summed E-state index contributed by atoms with van der Waals surface area (Å²) in [4.78, 5) is 28.6. The molecule has 0 fully saturated rings. The van der Waals surface area contributed by atoms with E-state index in [2.05, 4.69) is 31.1 Å². The molecule has 5 nitrogen and oxygen atoms in total. The SMILES string of the molecule is CC(C)(C)c1ccccc1NC(=O)COC(=O)/C=C/c1ccc2ccccc2n1. The Bertz CT molecular complexity index is 1060. The summed E-state index contributed by atoms with van der Waals surface area (Å²) in [6.07, 6.45) is 2.84. The van der Waals surface area contributed by atoms with Crippen LogP contribution in [-0.2, 0) is 19.7 Å². The van der Waals surface area contributed by atoms with Crippen LogP contribution in [0.5, 0.6) is 0 Å². The Hall–Kier alpha value is -3.47. The Morgan fingerprint density at radius 1 is 1.00 bits per heavy atom. The minimum Gasteiger partial charge on any atom is -0.452 e. The van der Waals surface area contributed by atoms with Crippen molar-refractivity contribution in [1.82, 2.24) is 4.98 Å². The van der Waals surface area contributed by atoms with Crippen molar-refractivity contribution in [1.29, 1.82) is 0 Å². The van der Waals surface area contributed by atoms with Gasteiger partial charge in [-0.1, -0.05) is 63.2 Å². The number of benzene rings is 2. The fraction of sp³-hybridized carbons (Fsp3) is 0.208. The standard InChI is InChI=1S/C24H24N2O3/c1-24(2,3)19-9-5-7-11-21(19)26-22(27)16-29-23(28)15-14-18-13-12-17-8-4-6-10-20(17)25-18/h4-15H,16H2,1-3H3,(H,26,27)/b15-14+. The maximum absolute atomic E-state index is 12.2. The fourth-order valence-corrected chi connectivity index (χ4v) is 2.95. The first-order valence-electron chi connectivity index (χ1n) is 9.43.